The van der Waals surface area contributed by atoms with Crippen LogP contribution in [0, 0.1) is 5.92 Å². The van der Waals surface area contributed by atoms with Crippen molar-refractivity contribution < 1.29 is 0 Å². The Bertz CT molecular complexity index is 306. The largest absolute Gasteiger partial charge is 0.324 e. The van der Waals surface area contributed by atoms with Crippen LogP contribution in [0.25, 0.3) is 0 Å². The highest BCUT2D eigenvalue weighted by Gasteiger charge is 2.29. The Kier molecular flexibility index (Phi) is 4.44. The summed E-state index contributed by atoms with van der Waals surface area (Å²) in [6.07, 6.45) is 2.57. The lowest BCUT2D eigenvalue weighted by molar-refractivity contribution is 0.633. The second-order valence-electron chi connectivity index (χ2n) is 3.57. The van der Waals surface area contributed by atoms with E-state index in [9.17, 15) is 0 Å². The first-order valence-electron chi connectivity index (χ1n) is 4.38. The van der Waals surface area contributed by atoms with Crippen LogP contribution >= 0.6 is 44.3 Å². The highest BCUT2D eigenvalue weighted by atomic mass is 79.9. The molecule has 2 rings (SSSR count). The van der Waals surface area contributed by atoms with Crippen LogP contribution in [0.15, 0.2) is 27.1 Å². The third-order valence-corrected chi connectivity index (χ3v) is 3.32. The highest BCUT2D eigenvalue weighted by molar-refractivity contribution is 9.11. The first-order chi connectivity index (χ1) is 6.16. The molecule has 0 saturated heterocycles. The molecule has 0 aromatic heterocycles. The van der Waals surface area contributed by atoms with Crippen LogP contribution < -0.4 is 5.73 Å². The van der Waals surface area contributed by atoms with E-state index in [1.54, 1.807) is 0 Å². The molecule has 1 fully saturated rings. The van der Waals surface area contributed by atoms with E-state index in [-0.39, 0.29) is 18.4 Å². The Morgan fingerprint density at radius 2 is 1.64 bits per heavy atom. The Hall–Kier alpha value is 0.430. The summed E-state index contributed by atoms with van der Waals surface area (Å²) in [5, 5.41) is 0. The fourth-order valence-electron chi connectivity index (χ4n) is 1.50. The molecular weight excluding hydrogens is 329 g/mol. The van der Waals surface area contributed by atoms with Crippen molar-refractivity contribution in [2.75, 3.05) is 0 Å². The van der Waals surface area contributed by atoms with Crippen LogP contribution in [0.4, 0.5) is 0 Å². The maximum atomic E-state index is 6.10. The van der Waals surface area contributed by atoms with Crippen LogP contribution in [-0.2, 0) is 0 Å². The maximum absolute atomic E-state index is 6.10. The van der Waals surface area contributed by atoms with Crippen LogP contribution in [0.3, 0.4) is 0 Å². The van der Waals surface area contributed by atoms with Crippen LogP contribution in [0.5, 0.6) is 0 Å². The lowest BCUT2D eigenvalue weighted by Gasteiger charge is -2.11. The van der Waals surface area contributed by atoms with Gasteiger partial charge < -0.3 is 5.73 Å². The monoisotopic (exact) mass is 339 g/mol. The van der Waals surface area contributed by atoms with Gasteiger partial charge in [0, 0.05) is 15.0 Å². The van der Waals surface area contributed by atoms with Gasteiger partial charge in [-0.1, -0.05) is 31.9 Å². The molecular formula is C10H12Br2ClN. The summed E-state index contributed by atoms with van der Waals surface area (Å²) < 4.78 is 2.18. The van der Waals surface area contributed by atoms with Crippen LogP contribution in [-0.4, -0.2) is 0 Å². The standard InChI is InChI=1S/C10H11Br2N.ClH/c11-8-3-7(4-9(12)5-8)10(13)6-1-2-6;/h3-6,10H,1-2,13H2;1H/t10-;/m0./s1. The van der Waals surface area contributed by atoms with E-state index in [1.165, 1.54) is 18.4 Å². The molecule has 0 unspecified atom stereocenters. The van der Waals surface area contributed by atoms with Gasteiger partial charge in [-0.05, 0) is 42.5 Å². The molecule has 0 bridgehead atoms. The zero-order valence-corrected chi connectivity index (χ0v) is 11.5. The SMILES string of the molecule is Cl.N[C@H](c1cc(Br)cc(Br)c1)C1CC1. The molecule has 1 saturated carbocycles. The minimum Gasteiger partial charge on any atom is -0.324 e. The summed E-state index contributed by atoms with van der Waals surface area (Å²) >= 11 is 6.93. The predicted molar refractivity (Wildman–Crippen MR) is 68.7 cm³/mol. The average molecular weight is 341 g/mol. The molecule has 2 N–H and O–H groups in total. The quantitative estimate of drug-likeness (QED) is 0.863. The molecule has 14 heavy (non-hydrogen) atoms. The van der Waals surface area contributed by atoms with Crippen molar-refractivity contribution >= 4 is 44.3 Å². The molecule has 1 nitrogen and oxygen atoms in total. The van der Waals surface area contributed by atoms with Gasteiger partial charge >= 0.3 is 0 Å². The van der Waals surface area contributed by atoms with E-state index in [2.05, 4.69) is 44.0 Å². The van der Waals surface area contributed by atoms with Gasteiger partial charge in [0.15, 0.2) is 0 Å². The molecule has 4 heteroatoms. The number of halogens is 3. The molecule has 0 radical (unpaired) electrons. The molecule has 1 aliphatic carbocycles. The molecule has 78 valence electrons. The Morgan fingerprint density at radius 1 is 1.14 bits per heavy atom. The lowest BCUT2D eigenvalue weighted by atomic mass is 10.0. The number of hydrogen-bond acceptors (Lipinski definition) is 1. The lowest BCUT2D eigenvalue weighted by Crippen LogP contribution is -2.12. The van der Waals surface area contributed by atoms with Crippen molar-refractivity contribution in [2.45, 2.75) is 18.9 Å². The molecule has 0 amide bonds. The molecule has 1 aromatic carbocycles. The number of rotatable bonds is 2. The van der Waals surface area contributed by atoms with Gasteiger partial charge in [-0.25, -0.2) is 0 Å². The van der Waals surface area contributed by atoms with Crippen molar-refractivity contribution in [2.24, 2.45) is 11.7 Å². The molecule has 1 atom stereocenters. The fraction of sp³-hybridized carbons (Fsp3) is 0.400. The zero-order chi connectivity index (χ0) is 9.42. The topological polar surface area (TPSA) is 26.0 Å². The van der Waals surface area contributed by atoms with Gasteiger partial charge in [-0.15, -0.1) is 12.4 Å². The second kappa shape index (κ2) is 4.97. The molecule has 1 aromatic rings. The summed E-state index contributed by atoms with van der Waals surface area (Å²) in [5.41, 5.74) is 7.32. The molecule has 0 spiro atoms. The van der Waals surface area contributed by atoms with Gasteiger partial charge in [-0.2, -0.15) is 0 Å². The Morgan fingerprint density at radius 3 is 2.07 bits per heavy atom. The first kappa shape index (κ1) is 12.5. The maximum Gasteiger partial charge on any atom is 0.0324 e. The van der Waals surface area contributed by atoms with Crippen molar-refractivity contribution in [1.29, 1.82) is 0 Å². The number of benzene rings is 1. The summed E-state index contributed by atoms with van der Waals surface area (Å²) in [6, 6.07) is 6.46. The summed E-state index contributed by atoms with van der Waals surface area (Å²) in [4.78, 5) is 0. The van der Waals surface area contributed by atoms with Crippen molar-refractivity contribution in [3.63, 3.8) is 0 Å². The van der Waals surface area contributed by atoms with E-state index >= 15 is 0 Å². The normalized spacial score (nSPS) is 17.4. The van der Waals surface area contributed by atoms with E-state index in [4.69, 9.17) is 5.73 Å². The van der Waals surface area contributed by atoms with E-state index in [1.807, 2.05) is 6.07 Å². The zero-order valence-electron chi connectivity index (χ0n) is 7.54. The Balaban J connectivity index is 0.000000980. The molecule has 0 aliphatic heterocycles. The van der Waals surface area contributed by atoms with E-state index < -0.39 is 0 Å². The smallest absolute Gasteiger partial charge is 0.0324 e. The van der Waals surface area contributed by atoms with Gasteiger partial charge in [0.2, 0.25) is 0 Å². The number of nitrogens with two attached hydrogens (primary N) is 1. The van der Waals surface area contributed by atoms with Gasteiger partial charge in [0.25, 0.3) is 0 Å². The predicted octanol–water partition coefficient (Wildman–Crippen LogP) is 4.04. The van der Waals surface area contributed by atoms with Crippen molar-refractivity contribution in [1.82, 2.24) is 0 Å². The van der Waals surface area contributed by atoms with Crippen LogP contribution in [0.2, 0.25) is 0 Å². The third kappa shape index (κ3) is 2.96. The highest BCUT2D eigenvalue weighted by Crippen LogP contribution is 2.40. The van der Waals surface area contributed by atoms with Gasteiger partial charge in [-0.3, -0.25) is 0 Å². The molecule has 0 heterocycles. The van der Waals surface area contributed by atoms with Crippen LogP contribution in [0.1, 0.15) is 24.4 Å². The fourth-order valence-corrected chi connectivity index (χ4v) is 2.82. The summed E-state index contributed by atoms with van der Waals surface area (Å²) in [5.74, 6) is 0.709. The Labute approximate surface area is 107 Å². The van der Waals surface area contributed by atoms with Gasteiger partial charge in [0.1, 0.15) is 0 Å². The first-order valence-corrected chi connectivity index (χ1v) is 5.97. The minimum absolute atomic E-state index is 0. The third-order valence-electron chi connectivity index (χ3n) is 2.40. The van der Waals surface area contributed by atoms with Crippen molar-refractivity contribution in [3.05, 3.63) is 32.7 Å². The van der Waals surface area contributed by atoms with Gasteiger partial charge in [0.05, 0.1) is 0 Å². The minimum atomic E-state index is 0. The average Bonchev–Trinajstić information content (AvgIpc) is 2.83. The number of hydrogen-bond donors (Lipinski definition) is 1. The van der Waals surface area contributed by atoms with E-state index in [0.717, 1.165) is 8.95 Å². The summed E-state index contributed by atoms with van der Waals surface area (Å²) in [7, 11) is 0. The second-order valence-corrected chi connectivity index (χ2v) is 5.40. The molecule has 1 aliphatic rings. The summed E-state index contributed by atoms with van der Waals surface area (Å²) in [6.45, 7) is 0. The van der Waals surface area contributed by atoms with Crippen molar-refractivity contribution in [3.8, 4) is 0 Å². The van der Waals surface area contributed by atoms with E-state index in [0.29, 0.717) is 5.92 Å².